The highest BCUT2D eigenvalue weighted by Gasteiger charge is 2.42. The van der Waals surface area contributed by atoms with Crippen molar-refractivity contribution in [1.29, 1.82) is 0 Å². The van der Waals surface area contributed by atoms with Crippen LogP contribution >= 0.6 is 0 Å². The predicted octanol–water partition coefficient (Wildman–Crippen LogP) is 6.11. The highest BCUT2D eigenvalue weighted by molar-refractivity contribution is 5.95. The van der Waals surface area contributed by atoms with Gasteiger partial charge in [0.2, 0.25) is 5.91 Å². The van der Waals surface area contributed by atoms with Crippen LogP contribution in [0.5, 0.6) is 5.75 Å². The van der Waals surface area contributed by atoms with Crippen LogP contribution in [0.15, 0.2) is 54.7 Å². The van der Waals surface area contributed by atoms with Crippen molar-refractivity contribution in [2.45, 2.75) is 91.5 Å². The summed E-state index contributed by atoms with van der Waals surface area (Å²) in [7, 11) is 1.69. The van der Waals surface area contributed by atoms with Gasteiger partial charge in [0.15, 0.2) is 0 Å². The molecule has 280 valence electrons. The number of amides is 2. The number of aryl methyl sites for hydroxylation is 1. The van der Waals surface area contributed by atoms with Gasteiger partial charge in [-0.15, -0.1) is 0 Å². The fourth-order valence-electron chi connectivity index (χ4n) is 8.03. The van der Waals surface area contributed by atoms with Crippen LogP contribution in [0.4, 0.5) is 0 Å². The molecule has 2 amide bonds. The van der Waals surface area contributed by atoms with Gasteiger partial charge in [-0.05, 0) is 104 Å². The Bertz CT molecular complexity index is 2050. The summed E-state index contributed by atoms with van der Waals surface area (Å²) >= 11 is 0. The number of hydrogen-bond donors (Lipinski definition) is 3. The fraction of sp³-hybridized carbons (Fsp3) is 0.476. The van der Waals surface area contributed by atoms with Crippen LogP contribution in [0.2, 0.25) is 0 Å². The van der Waals surface area contributed by atoms with Crippen molar-refractivity contribution < 1.29 is 29.0 Å². The van der Waals surface area contributed by atoms with Gasteiger partial charge in [0.1, 0.15) is 17.8 Å². The number of nitrogens with one attached hydrogen (secondary N) is 2. The molecule has 2 aliphatic heterocycles. The number of esters is 1. The summed E-state index contributed by atoms with van der Waals surface area (Å²) in [6, 6.07) is 14.2. The number of aromatic nitrogens is 2. The van der Waals surface area contributed by atoms with Gasteiger partial charge in [-0.1, -0.05) is 32.9 Å². The molecule has 4 aromatic rings. The number of fused-ring (bicyclic) bond motifs is 6. The van der Waals surface area contributed by atoms with Crippen molar-refractivity contribution in [3.63, 3.8) is 0 Å². The number of nitrogens with zero attached hydrogens (tertiary/aromatic N) is 3. The Morgan fingerprint density at radius 3 is 2.70 bits per heavy atom. The van der Waals surface area contributed by atoms with E-state index in [1.807, 2.05) is 26.0 Å². The molecule has 7 rings (SSSR count). The molecule has 0 spiro atoms. The van der Waals surface area contributed by atoms with Crippen molar-refractivity contribution in [3.05, 3.63) is 71.5 Å². The summed E-state index contributed by atoms with van der Waals surface area (Å²) in [6.07, 6.45) is 4.22. The van der Waals surface area contributed by atoms with Crippen LogP contribution in [0.3, 0.4) is 0 Å². The Labute approximate surface area is 311 Å². The molecular formula is C42H51N5O6. The van der Waals surface area contributed by atoms with Gasteiger partial charge >= 0.3 is 5.97 Å². The highest BCUT2D eigenvalue weighted by Crippen LogP contribution is 2.42. The number of cyclic esters (lactones) is 1. The first kappa shape index (κ1) is 36.6. The molecule has 2 fully saturated rings. The van der Waals surface area contributed by atoms with E-state index >= 15 is 0 Å². The lowest BCUT2D eigenvalue weighted by Gasteiger charge is -2.35. The van der Waals surface area contributed by atoms with Gasteiger partial charge in [-0.2, -0.15) is 0 Å². The molecule has 6 bridgehead atoms. The van der Waals surface area contributed by atoms with Gasteiger partial charge in [-0.25, -0.2) is 5.43 Å². The molecule has 0 radical (unpaired) electrons. The number of benzene rings is 2. The Hall–Kier alpha value is -4.74. The van der Waals surface area contributed by atoms with Crippen molar-refractivity contribution >= 4 is 28.7 Å². The van der Waals surface area contributed by atoms with E-state index in [1.165, 1.54) is 5.01 Å². The molecule has 0 unspecified atom stereocenters. The van der Waals surface area contributed by atoms with Crippen LogP contribution < -0.4 is 10.7 Å². The molecule has 1 aliphatic carbocycles. The predicted molar refractivity (Wildman–Crippen MR) is 203 cm³/mol. The van der Waals surface area contributed by atoms with Crippen LogP contribution in [-0.4, -0.2) is 69.8 Å². The number of carbonyl (C=O) groups excluding carboxylic acids is 3. The maximum absolute atomic E-state index is 14.1. The average molecular weight is 722 g/mol. The van der Waals surface area contributed by atoms with Gasteiger partial charge in [0, 0.05) is 60.6 Å². The van der Waals surface area contributed by atoms with E-state index in [4.69, 9.17) is 14.5 Å². The molecular weight excluding hydrogens is 670 g/mol. The monoisotopic (exact) mass is 721 g/mol. The quantitative estimate of drug-likeness (QED) is 0.203. The van der Waals surface area contributed by atoms with E-state index in [0.29, 0.717) is 37.9 Å². The standard InChI is InChI=1S/C42H51N5O6/c1-7-46-36-13-12-27-21-32(36)33(38(46)30-10-8-14-43-37(30)25(3)52-6)22-42(4,5)23-53-41(51)34-11-9-15-47(45-34)40(50)35(44-39(49)31-16-24(31)2)19-26-17-28(27)20-29(48)18-26/h8,10,12-14,17-18,20-21,24-25,31,34-35,45,48H,7,9,11,15-16,19,22-23H2,1-6H3,(H,44,49)/t24-,25-,31-,34-,35-/m0/s1. The summed E-state index contributed by atoms with van der Waals surface area (Å²) in [6.45, 7) is 11.6. The summed E-state index contributed by atoms with van der Waals surface area (Å²) in [4.78, 5) is 45.8. The van der Waals surface area contributed by atoms with E-state index in [2.05, 4.69) is 60.3 Å². The van der Waals surface area contributed by atoms with Gasteiger partial charge in [-0.3, -0.25) is 24.4 Å². The zero-order valence-electron chi connectivity index (χ0n) is 31.6. The number of hydrazine groups is 1. The Kier molecular flexibility index (Phi) is 10.1. The number of pyridine rings is 1. The molecule has 2 aromatic carbocycles. The molecule has 11 heteroatoms. The molecule has 3 N–H and O–H groups in total. The molecule has 4 heterocycles. The van der Waals surface area contributed by atoms with Crippen molar-refractivity contribution in [3.8, 4) is 28.1 Å². The van der Waals surface area contributed by atoms with Crippen molar-refractivity contribution in [2.75, 3.05) is 20.3 Å². The third-order valence-electron chi connectivity index (χ3n) is 11.1. The number of carbonyl (C=O) groups is 3. The lowest BCUT2D eigenvalue weighted by Crippen LogP contribution is -2.60. The minimum absolute atomic E-state index is 0.0703. The fourth-order valence-corrected chi connectivity index (χ4v) is 8.03. The van der Waals surface area contributed by atoms with Crippen LogP contribution in [0.25, 0.3) is 33.3 Å². The van der Waals surface area contributed by atoms with E-state index in [0.717, 1.165) is 51.0 Å². The van der Waals surface area contributed by atoms with Crippen LogP contribution in [0, 0.1) is 17.3 Å². The maximum atomic E-state index is 14.1. The topological polar surface area (TPSA) is 135 Å². The Balaban J connectivity index is 1.40. The molecule has 2 aromatic heterocycles. The van der Waals surface area contributed by atoms with E-state index < -0.39 is 23.5 Å². The number of rotatable bonds is 6. The van der Waals surface area contributed by atoms with Gasteiger partial charge in [0.05, 0.1) is 24.1 Å². The van der Waals surface area contributed by atoms with Crippen LogP contribution in [-0.2, 0) is 43.2 Å². The number of ether oxygens (including phenoxy) is 2. The lowest BCUT2D eigenvalue weighted by molar-refractivity contribution is -0.155. The lowest BCUT2D eigenvalue weighted by atomic mass is 9.84. The summed E-state index contributed by atoms with van der Waals surface area (Å²) < 4.78 is 14.1. The van der Waals surface area contributed by atoms with E-state index in [-0.39, 0.29) is 48.5 Å². The third-order valence-corrected chi connectivity index (χ3v) is 11.1. The average Bonchev–Trinajstić information content (AvgIpc) is 3.82. The summed E-state index contributed by atoms with van der Waals surface area (Å²) in [5.74, 6) is -0.682. The second kappa shape index (κ2) is 14.6. The largest absolute Gasteiger partial charge is 0.508 e. The maximum Gasteiger partial charge on any atom is 0.324 e. The van der Waals surface area contributed by atoms with Crippen molar-refractivity contribution in [2.24, 2.45) is 17.3 Å². The van der Waals surface area contributed by atoms with Gasteiger partial charge < -0.3 is 24.5 Å². The first-order valence-electron chi connectivity index (χ1n) is 18.9. The van der Waals surface area contributed by atoms with Gasteiger partial charge in [0.25, 0.3) is 5.91 Å². The number of phenols is 1. The zero-order chi connectivity index (χ0) is 37.6. The first-order chi connectivity index (χ1) is 25.4. The number of aromatic hydroxyl groups is 1. The Morgan fingerprint density at radius 2 is 1.96 bits per heavy atom. The normalized spacial score (nSPS) is 23.6. The minimum Gasteiger partial charge on any atom is -0.508 e. The summed E-state index contributed by atoms with van der Waals surface area (Å²) in [5, 5.41) is 16.6. The smallest absolute Gasteiger partial charge is 0.324 e. The molecule has 5 atom stereocenters. The molecule has 1 saturated carbocycles. The molecule has 1 saturated heterocycles. The van der Waals surface area contributed by atoms with E-state index in [1.54, 1.807) is 25.4 Å². The number of hydrogen-bond acceptors (Lipinski definition) is 8. The highest BCUT2D eigenvalue weighted by atomic mass is 16.5. The first-order valence-corrected chi connectivity index (χ1v) is 18.9. The summed E-state index contributed by atoms with van der Waals surface area (Å²) in [5.41, 5.74) is 10.1. The third kappa shape index (κ3) is 7.42. The molecule has 11 nitrogen and oxygen atoms in total. The Morgan fingerprint density at radius 1 is 1.17 bits per heavy atom. The minimum atomic E-state index is -0.900. The van der Waals surface area contributed by atoms with Crippen LogP contribution in [0.1, 0.15) is 76.8 Å². The number of methoxy groups -OCH3 is 1. The molecule has 53 heavy (non-hydrogen) atoms. The van der Waals surface area contributed by atoms with E-state index in [9.17, 15) is 19.5 Å². The number of phenolic OH excluding ortho intramolecular Hbond substituents is 1. The second-order valence-corrected chi connectivity index (χ2v) is 15.9. The van der Waals surface area contributed by atoms with Crippen molar-refractivity contribution in [1.82, 2.24) is 25.3 Å². The zero-order valence-corrected chi connectivity index (χ0v) is 31.6. The molecule has 3 aliphatic rings. The second-order valence-electron chi connectivity index (χ2n) is 15.9. The SMILES string of the molecule is CCn1c(-c2cccnc2[C@H](C)OC)c2c3cc(ccc31)-c1cc(O)cc(c1)C[C@H](NC(=O)[C@H]1C[C@@H]1C)C(=O)N1CCC[C@H](N1)C(=O)OCC(C)(C)C2.